The molecule has 132 valence electrons. The first-order valence-corrected chi connectivity index (χ1v) is 8.89. The highest BCUT2D eigenvalue weighted by Crippen LogP contribution is 2.21. The van der Waals surface area contributed by atoms with E-state index in [1.165, 1.54) is 0 Å². The number of nitrogens with one attached hydrogen (secondary N) is 1. The third-order valence-corrected chi connectivity index (χ3v) is 4.75. The summed E-state index contributed by atoms with van der Waals surface area (Å²) < 4.78 is 5.33. The minimum Gasteiger partial charge on any atom is -0.508 e. The highest BCUT2D eigenvalue weighted by molar-refractivity contribution is 7.13. The smallest absolute Gasteiger partial charge is 0.246 e. The fourth-order valence-electron chi connectivity index (χ4n) is 2.39. The van der Waals surface area contributed by atoms with Crippen LogP contribution in [0, 0.1) is 0 Å². The first kappa shape index (κ1) is 17.4. The Morgan fingerprint density at radius 2 is 2.08 bits per heavy atom. The maximum atomic E-state index is 12.1. The Morgan fingerprint density at radius 1 is 1.36 bits per heavy atom. The standard InChI is InChI=1S/C17H20N4O3S/c1-12(13-2-4-15(22)5-3-13)19-20-16(23)10-14-11-25-17(18-14)21-6-8-24-9-7-21/h2-5,11,22H,6-10H2,1H3,(H,20,23)/b19-12+. The molecule has 0 aliphatic carbocycles. The van der Waals surface area contributed by atoms with Crippen LogP contribution in [0.25, 0.3) is 0 Å². The quantitative estimate of drug-likeness (QED) is 0.627. The highest BCUT2D eigenvalue weighted by Gasteiger charge is 2.15. The first-order chi connectivity index (χ1) is 12.1. The summed E-state index contributed by atoms with van der Waals surface area (Å²) in [6.45, 7) is 4.87. The molecule has 1 saturated heterocycles. The predicted molar refractivity (Wildman–Crippen MR) is 97.3 cm³/mol. The summed E-state index contributed by atoms with van der Waals surface area (Å²) in [7, 11) is 0. The molecule has 2 heterocycles. The van der Waals surface area contributed by atoms with Gasteiger partial charge < -0.3 is 14.7 Å². The molecular weight excluding hydrogens is 340 g/mol. The number of thiazole rings is 1. The molecule has 0 radical (unpaired) electrons. The molecule has 1 aliphatic heterocycles. The van der Waals surface area contributed by atoms with Gasteiger partial charge in [0, 0.05) is 18.5 Å². The molecule has 0 unspecified atom stereocenters. The third-order valence-electron chi connectivity index (χ3n) is 3.80. The number of aromatic nitrogens is 1. The van der Waals surface area contributed by atoms with Gasteiger partial charge >= 0.3 is 0 Å². The number of carbonyl (C=O) groups excluding carboxylic acids is 1. The predicted octanol–water partition coefficient (Wildman–Crippen LogP) is 1.77. The Morgan fingerprint density at radius 3 is 2.80 bits per heavy atom. The van der Waals surface area contributed by atoms with Gasteiger partial charge in [-0.05, 0) is 36.8 Å². The van der Waals surface area contributed by atoms with Gasteiger partial charge in [-0.25, -0.2) is 10.4 Å². The number of morpholine rings is 1. The summed E-state index contributed by atoms with van der Waals surface area (Å²) in [5, 5.41) is 16.2. The van der Waals surface area contributed by atoms with Crippen molar-refractivity contribution in [2.45, 2.75) is 13.3 Å². The van der Waals surface area contributed by atoms with Gasteiger partial charge in [0.05, 0.1) is 31.0 Å². The lowest BCUT2D eigenvalue weighted by atomic mass is 10.1. The first-order valence-electron chi connectivity index (χ1n) is 8.01. The van der Waals surface area contributed by atoms with Crippen molar-refractivity contribution in [3.63, 3.8) is 0 Å². The molecule has 25 heavy (non-hydrogen) atoms. The number of ether oxygens (including phenoxy) is 1. The van der Waals surface area contributed by atoms with Crippen molar-refractivity contribution in [2.24, 2.45) is 5.10 Å². The van der Waals surface area contributed by atoms with E-state index in [0.717, 1.165) is 29.5 Å². The number of nitrogens with zero attached hydrogens (tertiary/aromatic N) is 3. The summed E-state index contributed by atoms with van der Waals surface area (Å²) in [5.41, 5.74) is 4.79. The zero-order valence-electron chi connectivity index (χ0n) is 13.9. The Labute approximate surface area is 150 Å². The summed E-state index contributed by atoms with van der Waals surface area (Å²) in [4.78, 5) is 18.8. The number of phenolic OH excluding ortho intramolecular Hbond substituents is 1. The summed E-state index contributed by atoms with van der Waals surface area (Å²) in [6.07, 6.45) is 0.188. The number of amides is 1. The average Bonchev–Trinajstić information content (AvgIpc) is 3.09. The van der Waals surface area contributed by atoms with E-state index in [0.29, 0.717) is 18.9 Å². The molecule has 1 aliphatic rings. The van der Waals surface area contributed by atoms with Crippen molar-refractivity contribution in [3.05, 3.63) is 40.9 Å². The van der Waals surface area contributed by atoms with Crippen LogP contribution >= 0.6 is 11.3 Å². The number of phenols is 1. The van der Waals surface area contributed by atoms with Crippen LogP contribution in [-0.2, 0) is 16.0 Å². The van der Waals surface area contributed by atoms with E-state index in [1.807, 2.05) is 5.38 Å². The number of hydrazone groups is 1. The molecule has 0 atom stereocenters. The summed E-state index contributed by atoms with van der Waals surface area (Å²) in [6, 6.07) is 6.65. The largest absolute Gasteiger partial charge is 0.508 e. The number of hydrogen-bond acceptors (Lipinski definition) is 7. The number of benzene rings is 1. The van der Waals surface area contributed by atoms with E-state index in [2.05, 4.69) is 20.4 Å². The molecule has 2 aromatic rings. The molecule has 1 fully saturated rings. The van der Waals surface area contributed by atoms with Crippen molar-refractivity contribution < 1.29 is 14.6 Å². The molecule has 0 saturated carbocycles. The van der Waals surface area contributed by atoms with Gasteiger partial charge in [-0.3, -0.25) is 4.79 Å². The second kappa shape index (κ2) is 8.09. The lowest BCUT2D eigenvalue weighted by Gasteiger charge is -2.26. The molecule has 3 rings (SSSR count). The van der Waals surface area contributed by atoms with E-state index < -0.39 is 0 Å². The maximum Gasteiger partial charge on any atom is 0.246 e. The fourth-order valence-corrected chi connectivity index (χ4v) is 3.27. The Balaban J connectivity index is 1.54. The third kappa shape index (κ3) is 4.77. The SMILES string of the molecule is C/C(=N\NC(=O)Cc1csc(N2CCOCC2)n1)c1ccc(O)cc1. The van der Waals surface area contributed by atoms with Crippen LogP contribution in [0.4, 0.5) is 5.13 Å². The molecular formula is C17H20N4O3S. The zero-order chi connectivity index (χ0) is 17.6. The van der Waals surface area contributed by atoms with Gasteiger partial charge in [-0.15, -0.1) is 11.3 Å². The summed E-state index contributed by atoms with van der Waals surface area (Å²) in [5.74, 6) is -0.0165. The van der Waals surface area contributed by atoms with Crippen LogP contribution in [0.5, 0.6) is 5.75 Å². The van der Waals surface area contributed by atoms with Gasteiger partial charge in [-0.1, -0.05) is 0 Å². The number of carbonyl (C=O) groups is 1. The van der Waals surface area contributed by atoms with Crippen molar-refractivity contribution in [1.82, 2.24) is 10.4 Å². The minimum atomic E-state index is -0.211. The Bertz CT molecular complexity index is 752. The lowest BCUT2D eigenvalue weighted by Crippen LogP contribution is -2.36. The van der Waals surface area contributed by atoms with Crippen molar-refractivity contribution in [3.8, 4) is 5.75 Å². The second-order valence-corrected chi connectivity index (χ2v) is 6.51. The average molecular weight is 360 g/mol. The van der Waals surface area contributed by atoms with Gasteiger partial charge in [0.1, 0.15) is 5.75 Å². The van der Waals surface area contributed by atoms with Crippen LogP contribution in [0.3, 0.4) is 0 Å². The monoisotopic (exact) mass is 360 g/mol. The van der Waals surface area contributed by atoms with Crippen molar-refractivity contribution in [2.75, 3.05) is 31.2 Å². The summed E-state index contributed by atoms with van der Waals surface area (Å²) >= 11 is 1.54. The van der Waals surface area contributed by atoms with Crippen LogP contribution in [0.1, 0.15) is 18.2 Å². The van der Waals surface area contributed by atoms with Crippen molar-refractivity contribution >= 4 is 28.1 Å². The van der Waals surface area contributed by atoms with E-state index in [-0.39, 0.29) is 18.1 Å². The van der Waals surface area contributed by atoms with Crippen LogP contribution in [0.15, 0.2) is 34.7 Å². The lowest BCUT2D eigenvalue weighted by molar-refractivity contribution is -0.120. The Kier molecular flexibility index (Phi) is 5.62. The number of aromatic hydroxyl groups is 1. The number of hydrogen-bond donors (Lipinski definition) is 2. The van der Waals surface area contributed by atoms with E-state index in [1.54, 1.807) is 42.5 Å². The van der Waals surface area contributed by atoms with E-state index in [4.69, 9.17) is 4.74 Å². The van der Waals surface area contributed by atoms with Gasteiger partial charge in [0.2, 0.25) is 5.91 Å². The molecule has 8 heteroatoms. The van der Waals surface area contributed by atoms with E-state index >= 15 is 0 Å². The molecule has 1 aromatic heterocycles. The Hall–Kier alpha value is -2.45. The number of anilines is 1. The highest BCUT2D eigenvalue weighted by atomic mass is 32.1. The topological polar surface area (TPSA) is 87.1 Å². The van der Waals surface area contributed by atoms with Crippen LogP contribution in [-0.4, -0.2) is 48.0 Å². The van der Waals surface area contributed by atoms with Gasteiger partial charge in [-0.2, -0.15) is 5.10 Å². The molecule has 7 nitrogen and oxygen atoms in total. The van der Waals surface area contributed by atoms with Crippen LogP contribution in [0.2, 0.25) is 0 Å². The minimum absolute atomic E-state index is 0.188. The van der Waals surface area contributed by atoms with Crippen LogP contribution < -0.4 is 10.3 Å². The normalized spacial score (nSPS) is 15.2. The van der Waals surface area contributed by atoms with E-state index in [9.17, 15) is 9.90 Å². The molecule has 0 bridgehead atoms. The maximum absolute atomic E-state index is 12.1. The zero-order valence-corrected chi connectivity index (χ0v) is 14.8. The van der Waals surface area contributed by atoms with Crippen molar-refractivity contribution in [1.29, 1.82) is 0 Å². The molecule has 0 spiro atoms. The molecule has 2 N–H and O–H groups in total. The molecule has 1 amide bonds. The van der Waals surface area contributed by atoms with Gasteiger partial charge in [0.25, 0.3) is 0 Å². The second-order valence-electron chi connectivity index (χ2n) is 5.68. The molecule has 1 aromatic carbocycles. The number of rotatable bonds is 5. The van der Waals surface area contributed by atoms with Gasteiger partial charge in [0.15, 0.2) is 5.13 Å². The fraction of sp³-hybridized carbons (Fsp3) is 0.353.